The van der Waals surface area contributed by atoms with E-state index in [0.29, 0.717) is 6.29 Å². The molecule has 0 bridgehead atoms. The second-order valence-corrected chi connectivity index (χ2v) is 4.38. The third-order valence-electron chi connectivity index (χ3n) is 2.79. The lowest BCUT2D eigenvalue weighted by atomic mass is 9.99. The SMILES string of the molecule is C=CCOC(=O)C(C=O)C1CC1(C)C. The van der Waals surface area contributed by atoms with Gasteiger partial charge in [0, 0.05) is 0 Å². The van der Waals surface area contributed by atoms with Crippen molar-refractivity contribution in [3.05, 3.63) is 12.7 Å². The standard InChI is InChI=1S/C11H16O3/c1-4-5-14-10(13)8(7-12)9-6-11(9,2)3/h4,7-9H,1,5-6H2,2-3H3. The average molecular weight is 196 g/mol. The second-order valence-electron chi connectivity index (χ2n) is 4.38. The Morgan fingerprint density at radius 3 is 2.64 bits per heavy atom. The summed E-state index contributed by atoms with van der Waals surface area (Å²) in [6.07, 6.45) is 3.11. The molecule has 78 valence electrons. The van der Waals surface area contributed by atoms with E-state index in [9.17, 15) is 9.59 Å². The summed E-state index contributed by atoms with van der Waals surface area (Å²) in [6, 6.07) is 0. The zero-order valence-corrected chi connectivity index (χ0v) is 8.66. The summed E-state index contributed by atoms with van der Waals surface area (Å²) < 4.78 is 4.85. The number of hydrogen-bond acceptors (Lipinski definition) is 3. The van der Waals surface area contributed by atoms with E-state index >= 15 is 0 Å². The molecule has 0 radical (unpaired) electrons. The van der Waals surface area contributed by atoms with Crippen LogP contribution in [0.5, 0.6) is 0 Å². The first-order chi connectivity index (χ1) is 6.53. The zero-order valence-electron chi connectivity index (χ0n) is 8.66. The normalized spacial score (nSPS) is 24.9. The van der Waals surface area contributed by atoms with E-state index < -0.39 is 11.9 Å². The first kappa shape index (κ1) is 11.0. The molecule has 0 N–H and O–H groups in total. The number of rotatable bonds is 5. The molecule has 0 saturated heterocycles. The van der Waals surface area contributed by atoms with E-state index in [1.54, 1.807) is 0 Å². The van der Waals surface area contributed by atoms with Crippen molar-refractivity contribution in [1.82, 2.24) is 0 Å². The molecule has 3 heteroatoms. The summed E-state index contributed by atoms with van der Waals surface area (Å²) in [4.78, 5) is 22.2. The van der Waals surface area contributed by atoms with Gasteiger partial charge < -0.3 is 9.53 Å². The molecule has 0 aromatic heterocycles. The topological polar surface area (TPSA) is 43.4 Å². The molecule has 0 aliphatic heterocycles. The second kappa shape index (κ2) is 3.95. The molecular formula is C11H16O3. The first-order valence-electron chi connectivity index (χ1n) is 4.75. The van der Waals surface area contributed by atoms with Crippen LogP contribution in [0.2, 0.25) is 0 Å². The Morgan fingerprint density at radius 1 is 1.71 bits per heavy atom. The van der Waals surface area contributed by atoms with Crippen LogP contribution < -0.4 is 0 Å². The van der Waals surface area contributed by atoms with Crippen LogP contribution in [0.15, 0.2) is 12.7 Å². The van der Waals surface area contributed by atoms with Crippen LogP contribution in [0.1, 0.15) is 20.3 Å². The van der Waals surface area contributed by atoms with Crippen molar-refractivity contribution in [3.63, 3.8) is 0 Å². The number of esters is 1. The van der Waals surface area contributed by atoms with Gasteiger partial charge in [-0.05, 0) is 17.8 Å². The highest BCUT2D eigenvalue weighted by molar-refractivity contribution is 5.88. The van der Waals surface area contributed by atoms with Gasteiger partial charge in [-0.3, -0.25) is 4.79 Å². The smallest absolute Gasteiger partial charge is 0.316 e. The fourth-order valence-electron chi connectivity index (χ4n) is 1.67. The van der Waals surface area contributed by atoms with E-state index in [2.05, 4.69) is 20.4 Å². The van der Waals surface area contributed by atoms with Crippen molar-refractivity contribution in [2.45, 2.75) is 20.3 Å². The Labute approximate surface area is 84.1 Å². The summed E-state index contributed by atoms with van der Waals surface area (Å²) in [7, 11) is 0. The summed E-state index contributed by atoms with van der Waals surface area (Å²) in [5, 5.41) is 0. The lowest BCUT2D eigenvalue weighted by Crippen LogP contribution is -2.23. The van der Waals surface area contributed by atoms with Crippen molar-refractivity contribution in [1.29, 1.82) is 0 Å². The van der Waals surface area contributed by atoms with Crippen LogP contribution in [0.4, 0.5) is 0 Å². The number of carbonyl (C=O) groups is 2. The zero-order chi connectivity index (χ0) is 10.8. The lowest BCUT2D eigenvalue weighted by molar-refractivity contribution is -0.149. The van der Waals surface area contributed by atoms with Crippen molar-refractivity contribution in [2.24, 2.45) is 17.3 Å². The van der Waals surface area contributed by atoms with Crippen molar-refractivity contribution in [2.75, 3.05) is 6.61 Å². The Balaban J connectivity index is 2.51. The molecule has 0 heterocycles. The fourth-order valence-corrected chi connectivity index (χ4v) is 1.67. The van der Waals surface area contributed by atoms with Crippen molar-refractivity contribution in [3.8, 4) is 0 Å². The number of carbonyl (C=O) groups excluding carboxylic acids is 2. The van der Waals surface area contributed by atoms with E-state index in [1.807, 2.05) is 0 Å². The van der Waals surface area contributed by atoms with Crippen LogP contribution in [0.25, 0.3) is 0 Å². The summed E-state index contributed by atoms with van der Waals surface area (Å²) in [5.41, 5.74) is 0.110. The van der Waals surface area contributed by atoms with Gasteiger partial charge >= 0.3 is 5.97 Å². The maximum absolute atomic E-state index is 11.4. The summed E-state index contributed by atoms with van der Waals surface area (Å²) in [5.74, 6) is -0.863. The van der Waals surface area contributed by atoms with Gasteiger partial charge in [0.15, 0.2) is 0 Å². The monoisotopic (exact) mass is 196 g/mol. The molecule has 0 aromatic rings. The minimum absolute atomic E-state index is 0.110. The summed E-state index contributed by atoms with van der Waals surface area (Å²) >= 11 is 0. The molecule has 1 rings (SSSR count). The van der Waals surface area contributed by atoms with E-state index in [4.69, 9.17) is 4.74 Å². The van der Waals surface area contributed by atoms with Crippen LogP contribution in [0.3, 0.4) is 0 Å². The Kier molecular flexibility index (Phi) is 3.09. The van der Waals surface area contributed by atoms with Crippen LogP contribution in [0, 0.1) is 17.3 Å². The molecule has 1 saturated carbocycles. The van der Waals surface area contributed by atoms with Gasteiger partial charge in [0.05, 0.1) is 0 Å². The minimum Gasteiger partial charge on any atom is -0.461 e. The van der Waals surface area contributed by atoms with Gasteiger partial charge in [0.2, 0.25) is 0 Å². The van der Waals surface area contributed by atoms with Gasteiger partial charge in [-0.2, -0.15) is 0 Å². The van der Waals surface area contributed by atoms with Crippen LogP contribution in [-0.2, 0) is 14.3 Å². The van der Waals surface area contributed by atoms with Crippen LogP contribution >= 0.6 is 0 Å². The highest BCUT2D eigenvalue weighted by Gasteiger charge is 2.52. The molecular weight excluding hydrogens is 180 g/mol. The predicted octanol–water partition coefficient (Wildman–Crippen LogP) is 1.58. The molecule has 14 heavy (non-hydrogen) atoms. The molecule has 2 atom stereocenters. The maximum Gasteiger partial charge on any atom is 0.316 e. The third kappa shape index (κ3) is 2.22. The van der Waals surface area contributed by atoms with Gasteiger partial charge in [-0.1, -0.05) is 26.5 Å². The van der Waals surface area contributed by atoms with Gasteiger partial charge in [0.25, 0.3) is 0 Å². The number of aldehydes is 1. The molecule has 0 amide bonds. The summed E-state index contributed by atoms with van der Waals surface area (Å²) in [6.45, 7) is 7.72. The maximum atomic E-state index is 11.4. The Hall–Kier alpha value is -1.12. The Morgan fingerprint density at radius 2 is 2.29 bits per heavy atom. The van der Waals surface area contributed by atoms with E-state index in [0.717, 1.165) is 6.42 Å². The molecule has 3 nitrogen and oxygen atoms in total. The van der Waals surface area contributed by atoms with Crippen molar-refractivity contribution < 1.29 is 14.3 Å². The van der Waals surface area contributed by atoms with Gasteiger partial charge in [-0.15, -0.1) is 0 Å². The quantitative estimate of drug-likeness (QED) is 0.290. The Bertz CT molecular complexity index is 255. The number of hydrogen-bond donors (Lipinski definition) is 0. The number of ether oxygens (including phenoxy) is 1. The molecule has 0 aromatic carbocycles. The fraction of sp³-hybridized carbons (Fsp3) is 0.636. The third-order valence-corrected chi connectivity index (χ3v) is 2.79. The molecule has 1 aliphatic rings. The largest absolute Gasteiger partial charge is 0.461 e. The molecule has 0 spiro atoms. The first-order valence-corrected chi connectivity index (χ1v) is 4.75. The van der Waals surface area contributed by atoms with Crippen molar-refractivity contribution >= 4 is 12.3 Å². The van der Waals surface area contributed by atoms with E-state index in [-0.39, 0.29) is 17.9 Å². The van der Waals surface area contributed by atoms with Gasteiger partial charge in [0.1, 0.15) is 18.8 Å². The molecule has 1 fully saturated rings. The average Bonchev–Trinajstić information content (AvgIpc) is 2.73. The lowest BCUT2D eigenvalue weighted by Gasteiger charge is -2.10. The minimum atomic E-state index is -0.593. The highest BCUT2D eigenvalue weighted by atomic mass is 16.5. The highest BCUT2D eigenvalue weighted by Crippen LogP contribution is 2.55. The van der Waals surface area contributed by atoms with Gasteiger partial charge in [-0.25, -0.2) is 0 Å². The molecule has 1 aliphatic carbocycles. The predicted molar refractivity (Wildman–Crippen MR) is 52.6 cm³/mol. The molecule has 2 unspecified atom stereocenters. The van der Waals surface area contributed by atoms with Crippen LogP contribution in [-0.4, -0.2) is 18.9 Å². The van der Waals surface area contributed by atoms with E-state index in [1.165, 1.54) is 6.08 Å².